The molecule has 118 valence electrons. The molecule has 22 heavy (non-hydrogen) atoms. The van der Waals surface area contributed by atoms with Crippen molar-refractivity contribution in [3.05, 3.63) is 40.9 Å². The van der Waals surface area contributed by atoms with Gasteiger partial charge >= 0.3 is 6.03 Å². The summed E-state index contributed by atoms with van der Waals surface area (Å²) in [4.78, 5) is 13.4. The van der Waals surface area contributed by atoms with Crippen LogP contribution in [0.15, 0.2) is 35.2 Å². The number of carbonyl (C=O) groups excluding carboxylic acids is 1. The maximum Gasteiger partial charge on any atom is 0.315 e. The van der Waals surface area contributed by atoms with Crippen LogP contribution in [-0.4, -0.2) is 29.5 Å². The number of fused-ring (bicyclic) bond motifs is 1. The number of rotatable bonds is 3. The van der Waals surface area contributed by atoms with Crippen molar-refractivity contribution in [2.24, 2.45) is 5.92 Å². The Hall–Kier alpha value is -1.17. The van der Waals surface area contributed by atoms with Gasteiger partial charge in [0.25, 0.3) is 0 Å². The Morgan fingerprint density at radius 2 is 2.23 bits per heavy atom. The third-order valence-corrected chi connectivity index (χ3v) is 5.40. The second-order valence-electron chi connectivity index (χ2n) is 5.66. The lowest BCUT2D eigenvalue weighted by Crippen LogP contribution is -2.43. The zero-order chi connectivity index (χ0) is 15.5. The summed E-state index contributed by atoms with van der Waals surface area (Å²) >= 11 is 7.87. The van der Waals surface area contributed by atoms with E-state index in [9.17, 15) is 4.79 Å². The third-order valence-electron chi connectivity index (χ3n) is 4.04. The van der Waals surface area contributed by atoms with Crippen LogP contribution in [0.1, 0.15) is 24.4 Å². The van der Waals surface area contributed by atoms with Gasteiger partial charge in [0.2, 0.25) is 0 Å². The van der Waals surface area contributed by atoms with Crippen LogP contribution in [0.2, 0.25) is 5.02 Å². The number of hydrogen-bond donors (Lipinski definition) is 3. The summed E-state index contributed by atoms with van der Waals surface area (Å²) in [6.45, 7) is 0.127. The second-order valence-corrected chi connectivity index (χ2v) is 7.23. The Morgan fingerprint density at radius 3 is 3.00 bits per heavy atom. The van der Waals surface area contributed by atoms with Gasteiger partial charge in [0.05, 0.1) is 6.04 Å². The molecule has 0 saturated heterocycles. The first kappa shape index (κ1) is 15.7. The molecular formula is C16H19ClN2O2S. The molecule has 1 unspecified atom stereocenters. The molecule has 1 heterocycles. The van der Waals surface area contributed by atoms with Crippen LogP contribution in [0, 0.1) is 5.92 Å². The van der Waals surface area contributed by atoms with Crippen LogP contribution in [-0.2, 0) is 0 Å². The molecule has 1 aliphatic heterocycles. The van der Waals surface area contributed by atoms with Crippen molar-refractivity contribution in [3.63, 3.8) is 0 Å². The van der Waals surface area contributed by atoms with E-state index < -0.39 is 0 Å². The van der Waals surface area contributed by atoms with Gasteiger partial charge in [-0.1, -0.05) is 23.8 Å². The van der Waals surface area contributed by atoms with Crippen molar-refractivity contribution in [1.82, 2.24) is 10.6 Å². The molecule has 0 saturated carbocycles. The van der Waals surface area contributed by atoms with E-state index in [-0.39, 0.29) is 30.6 Å². The smallest absolute Gasteiger partial charge is 0.315 e. The first-order chi connectivity index (χ1) is 10.7. The first-order valence-electron chi connectivity index (χ1n) is 7.44. The van der Waals surface area contributed by atoms with Gasteiger partial charge in [-0.15, -0.1) is 11.8 Å². The zero-order valence-corrected chi connectivity index (χ0v) is 13.7. The number of amides is 2. The molecule has 4 nitrogen and oxygen atoms in total. The Bertz CT molecular complexity index is 594. The molecule has 6 heteroatoms. The van der Waals surface area contributed by atoms with Gasteiger partial charge < -0.3 is 15.7 Å². The SMILES string of the molecule is O=C(NC1CCSc2ccc(Cl)cc21)N[C@@H]1C=C[C@H](CO)C1. The van der Waals surface area contributed by atoms with E-state index in [1.165, 1.54) is 4.90 Å². The van der Waals surface area contributed by atoms with Gasteiger partial charge in [-0.05, 0) is 36.6 Å². The minimum absolute atomic E-state index is 0.00558. The lowest BCUT2D eigenvalue weighted by atomic mass is 10.0. The highest BCUT2D eigenvalue weighted by Gasteiger charge is 2.24. The molecule has 1 aromatic rings. The average molecular weight is 339 g/mol. The summed E-state index contributed by atoms with van der Waals surface area (Å²) in [5.74, 6) is 1.13. The Morgan fingerprint density at radius 1 is 1.36 bits per heavy atom. The van der Waals surface area contributed by atoms with Crippen molar-refractivity contribution < 1.29 is 9.90 Å². The zero-order valence-electron chi connectivity index (χ0n) is 12.1. The van der Waals surface area contributed by atoms with Crippen LogP contribution >= 0.6 is 23.4 Å². The van der Waals surface area contributed by atoms with E-state index in [4.69, 9.17) is 16.7 Å². The van der Waals surface area contributed by atoms with Gasteiger partial charge in [-0.2, -0.15) is 0 Å². The van der Waals surface area contributed by atoms with Gasteiger partial charge in [-0.3, -0.25) is 0 Å². The molecule has 0 radical (unpaired) electrons. The summed E-state index contributed by atoms with van der Waals surface area (Å²) in [6.07, 6.45) is 5.55. The maximum absolute atomic E-state index is 12.2. The minimum Gasteiger partial charge on any atom is -0.396 e. The van der Waals surface area contributed by atoms with Crippen LogP contribution in [0.3, 0.4) is 0 Å². The summed E-state index contributed by atoms with van der Waals surface area (Å²) in [7, 11) is 0. The van der Waals surface area contributed by atoms with E-state index in [1.54, 1.807) is 11.8 Å². The highest BCUT2D eigenvalue weighted by atomic mass is 35.5. The van der Waals surface area contributed by atoms with E-state index in [1.807, 2.05) is 30.4 Å². The minimum atomic E-state index is -0.170. The van der Waals surface area contributed by atoms with Crippen molar-refractivity contribution in [2.45, 2.75) is 29.8 Å². The Kier molecular flexibility index (Phi) is 4.96. The predicted octanol–water partition coefficient (Wildman–Crippen LogP) is 3.11. The number of thioether (sulfide) groups is 1. The van der Waals surface area contributed by atoms with Crippen molar-refractivity contribution in [2.75, 3.05) is 12.4 Å². The number of carbonyl (C=O) groups is 1. The number of urea groups is 1. The maximum atomic E-state index is 12.2. The molecular weight excluding hydrogens is 320 g/mol. The number of aliphatic hydroxyl groups is 1. The molecule has 2 amide bonds. The fourth-order valence-corrected chi connectivity index (χ4v) is 4.19. The van der Waals surface area contributed by atoms with Crippen molar-refractivity contribution >= 4 is 29.4 Å². The summed E-state index contributed by atoms with van der Waals surface area (Å²) < 4.78 is 0. The Labute approximate surface area is 139 Å². The molecule has 1 aliphatic carbocycles. The topological polar surface area (TPSA) is 61.4 Å². The van der Waals surface area contributed by atoms with E-state index in [2.05, 4.69) is 10.6 Å². The van der Waals surface area contributed by atoms with Gasteiger partial charge in [-0.25, -0.2) is 4.79 Å². The van der Waals surface area contributed by atoms with Gasteiger partial charge in [0.1, 0.15) is 0 Å². The fourth-order valence-electron chi connectivity index (χ4n) is 2.90. The van der Waals surface area contributed by atoms with E-state index in [0.29, 0.717) is 5.02 Å². The lowest BCUT2D eigenvalue weighted by Gasteiger charge is -2.27. The largest absolute Gasteiger partial charge is 0.396 e. The summed E-state index contributed by atoms with van der Waals surface area (Å²) in [5, 5.41) is 15.8. The van der Waals surface area contributed by atoms with Crippen LogP contribution in [0.4, 0.5) is 4.79 Å². The lowest BCUT2D eigenvalue weighted by molar-refractivity contribution is 0.228. The monoisotopic (exact) mass is 338 g/mol. The summed E-state index contributed by atoms with van der Waals surface area (Å²) in [6, 6.07) is 5.65. The standard InChI is InChI=1S/C16H19ClN2O2S/c17-11-2-4-15-13(8-11)14(5-6-22-15)19-16(21)18-12-3-1-10(7-12)9-20/h1-4,8,10,12,14,20H,5-7,9H2,(H2,18,19,21)/t10-,12+,14?/m0/s1. The van der Waals surface area contributed by atoms with Gasteiger partial charge in [0, 0.05) is 34.2 Å². The number of benzene rings is 1. The quantitative estimate of drug-likeness (QED) is 0.742. The van der Waals surface area contributed by atoms with Gasteiger partial charge in [0.15, 0.2) is 0 Å². The average Bonchev–Trinajstić information content (AvgIpc) is 2.95. The highest BCUT2D eigenvalue weighted by Crippen LogP contribution is 2.37. The molecule has 0 aromatic heterocycles. The number of nitrogens with one attached hydrogen (secondary N) is 2. The molecule has 1 aromatic carbocycles. The van der Waals surface area contributed by atoms with Crippen LogP contribution in [0.5, 0.6) is 0 Å². The van der Waals surface area contributed by atoms with E-state index >= 15 is 0 Å². The molecule has 3 N–H and O–H groups in total. The molecule has 3 atom stereocenters. The van der Waals surface area contributed by atoms with Crippen molar-refractivity contribution in [3.8, 4) is 0 Å². The summed E-state index contributed by atoms with van der Waals surface area (Å²) in [5.41, 5.74) is 1.09. The molecule has 3 rings (SSSR count). The van der Waals surface area contributed by atoms with E-state index in [0.717, 1.165) is 24.2 Å². The van der Waals surface area contributed by atoms with Crippen molar-refractivity contribution in [1.29, 1.82) is 0 Å². The molecule has 0 bridgehead atoms. The number of aliphatic hydroxyl groups excluding tert-OH is 1. The second kappa shape index (κ2) is 6.94. The third kappa shape index (κ3) is 3.59. The number of hydrogen-bond acceptors (Lipinski definition) is 3. The molecule has 0 fully saturated rings. The van der Waals surface area contributed by atoms with Crippen LogP contribution in [0.25, 0.3) is 0 Å². The normalized spacial score (nSPS) is 26.5. The molecule has 2 aliphatic rings. The number of halogens is 1. The van der Waals surface area contributed by atoms with Crippen LogP contribution < -0.4 is 10.6 Å². The Balaban J connectivity index is 1.61. The predicted molar refractivity (Wildman–Crippen MR) is 89.3 cm³/mol. The molecule has 0 spiro atoms. The first-order valence-corrected chi connectivity index (χ1v) is 8.80. The highest BCUT2D eigenvalue weighted by molar-refractivity contribution is 7.99. The fraction of sp³-hybridized carbons (Fsp3) is 0.438.